The van der Waals surface area contributed by atoms with Crippen molar-refractivity contribution in [2.45, 2.75) is 20.0 Å². The van der Waals surface area contributed by atoms with E-state index in [2.05, 4.69) is 10.6 Å². The number of ether oxygens (including phenoxy) is 1. The molecule has 3 amide bonds. The highest BCUT2D eigenvalue weighted by molar-refractivity contribution is 5.96. The predicted molar refractivity (Wildman–Crippen MR) is 63.9 cm³/mol. The molecule has 1 rings (SSSR count). The molecule has 0 unspecified atom stereocenters. The highest BCUT2D eigenvalue weighted by Crippen LogP contribution is 2.17. The molecule has 0 aliphatic carbocycles. The van der Waals surface area contributed by atoms with E-state index < -0.39 is 18.0 Å². The van der Waals surface area contributed by atoms with Gasteiger partial charge in [0.05, 0.1) is 0 Å². The van der Waals surface area contributed by atoms with E-state index in [1.54, 1.807) is 13.0 Å². The van der Waals surface area contributed by atoms with E-state index >= 15 is 0 Å². The van der Waals surface area contributed by atoms with E-state index in [1.165, 1.54) is 7.05 Å². The third-order valence-corrected chi connectivity index (χ3v) is 2.23. The molecule has 1 atom stereocenters. The minimum absolute atomic E-state index is 0.479. The van der Waals surface area contributed by atoms with Crippen LogP contribution in [-0.2, 0) is 4.79 Å². The van der Waals surface area contributed by atoms with Crippen LogP contribution in [0.15, 0.2) is 24.3 Å². The van der Waals surface area contributed by atoms with Crippen molar-refractivity contribution in [3.63, 3.8) is 0 Å². The molecular weight excluding hydrogens is 220 g/mol. The van der Waals surface area contributed by atoms with Gasteiger partial charge in [-0.2, -0.15) is 0 Å². The number of amides is 3. The maximum absolute atomic E-state index is 11.5. The van der Waals surface area contributed by atoms with Crippen LogP contribution in [-0.4, -0.2) is 25.1 Å². The zero-order valence-electron chi connectivity index (χ0n) is 10.1. The van der Waals surface area contributed by atoms with Gasteiger partial charge in [0.25, 0.3) is 5.91 Å². The lowest BCUT2D eigenvalue weighted by Crippen LogP contribution is -2.44. The molecule has 1 aromatic carbocycles. The van der Waals surface area contributed by atoms with Gasteiger partial charge in [0.1, 0.15) is 5.75 Å². The van der Waals surface area contributed by atoms with E-state index in [0.29, 0.717) is 5.75 Å². The van der Waals surface area contributed by atoms with Crippen molar-refractivity contribution in [1.82, 2.24) is 10.6 Å². The summed E-state index contributed by atoms with van der Waals surface area (Å²) in [6, 6.07) is 6.83. The van der Waals surface area contributed by atoms with E-state index in [9.17, 15) is 9.59 Å². The minimum atomic E-state index is -0.728. The molecule has 17 heavy (non-hydrogen) atoms. The normalized spacial score (nSPS) is 11.5. The van der Waals surface area contributed by atoms with Crippen LogP contribution >= 0.6 is 0 Å². The number of urea groups is 1. The van der Waals surface area contributed by atoms with Gasteiger partial charge in [0.15, 0.2) is 6.10 Å². The first-order valence-corrected chi connectivity index (χ1v) is 5.29. The van der Waals surface area contributed by atoms with Crippen LogP contribution < -0.4 is 15.4 Å². The van der Waals surface area contributed by atoms with Crippen molar-refractivity contribution in [2.75, 3.05) is 7.05 Å². The smallest absolute Gasteiger partial charge is 0.321 e. The van der Waals surface area contributed by atoms with Crippen molar-refractivity contribution >= 4 is 11.9 Å². The lowest BCUT2D eigenvalue weighted by atomic mass is 10.2. The first-order chi connectivity index (χ1) is 8.04. The fourth-order valence-electron chi connectivity index (χ4n) is 1.21. The topological polar surface area (TPSA) is 67.4 Å². The first-order valence-electron chi connectivity index (χ1n) is 5.29. The Labute approximate surface area is 100 Å². The summed E-state index contributed by atoms with van der Waals surface area (Å²) in [4.78, 5) is 22.5. The van der Waals surface area contributed by atoms with E-state index in [4.69, 9.17) is 4.74 Å². The van der Waals surface area contributed by atoms with Gasteiger partial charge in [-0.15, -0.1) is 0 Å². The van der Waals surface area contributed by atoms with Crippen molar-refractivity contribution in [3.05, 3.63) is 29.8 Å². The molecule has 0 radical (unpaired) electrons. The van der Waals surface area contributed by atoms with Crippen molar-refractivity contribution in [2.24, 2.45) is 0 Å². The molecule has 92 valence electrons. The maximum atomic E-state index is 11.5. The number of benzene rings is 1. The van der Waals surface area contributed by atoms with Crippen LogP contribution in [0.25, 0.3) is 0 Å². The van der Waals surface area contributed by atoms with Crippen molar-refractivity contribution in [3.8, 4) is 5.75 Å². The third kappa shape index (κ3) is 3.79. The number of para-hydroxylation sites is 1. The van der Waals surface area contributed by atoms with Crippen molar-refractivity contribution < 1.29 is 14.3 Å². The number of hydrogen-bond donors (Lipinski definition) is 2. The van der Waals surface area contributed by atoms with Gasteiger partial charge in [-0.3, -0.25) is 10.1 Å². The van der Waals surface area contributed by atoms with E-state index in [-0.39, 0.29) is 0 Å². The number of imide groups is 1. The quantitative estimate of drug-likeness (QED) is 0.829. The van der Waals surface area contributed by atoms with Gasteiger partial charge in [-0.1, -0.05) is 18.2 Å². The number of carbonyl (C=O) groups excluding carboxylic acids is 2. The molecule has 0 saturated carbocycles. The summed E-state index contributed by atoms with van der Waals surface area (Å²) < 4.78 is 5.46. The summed E-state index contributed by atoms with van der Waals surface area (Å²) in [6.45, 7) is 3.48. The van der Waals surface area contributed by atoms with Gasteiger partial charge in [0.2, 0.25) is 0 Å². The van der Waals surface area contributed by atoms with Crippen LogP contribution in [0.5, 0.6) is 5.75 Å². The zero-order chi connectivity index (χ0) is 12.8. The van der Waals surface area contributed by atoms with Crippen LogP contribution in [0, 0.1) is 6.92 Å². The second-order valence-corrected chi connectivity index (χ2v) is 3.59. The highest BCUT2D eigenvalue weighted by atomic mass is 16.5. The summed E-state index contributed by atoms with van der Waals surface area (Å²) in [7, 11) is 1.44. The molecule has 0 aliphatic rings. The van der Waals surface area contributed by atoms with Crippen LogP contribution in [0.1, 0.15) is 12.5 Å². The molecule has 0 spiro atoms. The molecule has 1 aromatic rings. The summed E-state index contributed by atoms with van der Waals surface area (Å²) >= 11 is 0. The number of carbonyl (C=O) groups is 2. The largest absolute Gasteiger partial charge is 0.481 e. The average molecular weight is 236 g/mol. The second kappa shape index (κ2) is 5.89. The highest BCUT2D eigenvalue weighted by Gasteiger charge is 2.17. The predicted octanol–water partition coefficient (Wildman–Crippen LogP) is 1.22. The Morgan fingerprint density at radius 3 is 2.53 bits per heavy atom. The molecule has 0 aliphatic heterocycles. The van der Waals surface area contributed by atoms with Gasteiger partial charge in [-0.25, -0.2) is 4.79 Å². The van der Waals surface area contributed by atoms with Crippen LogP contribution in [0.3, 0.4) is 0 Å². The maximum Gasteiger partial charge on any atom is 0.321 e. The first kappa shape index (κ1) is 13.0. The summed E-state index contributed by atoms with van der Waals surface area (Å²) in [5, 5.41) is 4.45. The van der Waals surface area contributed by atoms with Gasteiger partial charge in [-0.05, 0) is 25.5 Å². The molecule has 0 bridgehead atoms. The van der Waals surface area contributed by atoms with Crippen LogP contribution in [0.2, 0.25) is 0 Å². The molecule has 0 saturated heterocycles. The standard InChI is InChI=1S/C12H16N2O3/c1-8-6-4-5-7-10(8)17-9(2)11(15)14-12(16)13-3/h4-7,9H,1-3H3,(H2,13,14,15,16)/t9-/m0/s1. The Balaban J connectivity index is 2.60. The lowest BCUT2D eigenvalue weighted by molar-refractivity contribution is -0.126. The molecule has 5 nitrogen and oxygen atoms in total. The minimum Gasteiger partial charge on any atom is -0.481 e. The number of nitrogens with one attached hydrogen (secondary N) is 2. The summed E-state index contributed by atoms with van der Waals surface area (Å²) in [5.74, 6) is 0.152. The molecule has 5 heteroatoms. The fraction of sp³-hybridized carbons (Fsp3) is 0.333. The fourth-order valence-corrected chi connectivity index (χ4v) is 1.21. The molecule has 0 fully saturated rings. The Bertz CT molecular complexity index is 418. The van der Waals surface area contributed by atoms with Gasteiger partial charge in [0, 0.05) is 7.05 Å². The van der Waals surface area contributed by atoms with Gasteiger partial charge < -0.3 is 10.1 Å². The zero-order valence-corrected chi connectivity index (χ0v) is 10.1. The van der Waals surface area contributed by atoms with Crippen molar-refractivity contribution in [1.29, 1.82) is 0 Å². The SMILES string of the molecule is CNC(=O)NC(=O)[C@H](C)Oc1ccccc1C. The molecule has 2 N–H and O–H groups in total. The molecule has 0 aromatic heterocycles. The Kier molecular flexibility index (Phi) is 4.51. The van der Waals surface area contributed by atoms with Gasteiger partial charge >= 0.3 is 6.03 Å². The number of hydrogen-bond acceptors (Lipinski definition) is 3. The molecule has 0 heterocycles. The van der Waals surface area contributed by atoms with E-state index in [0.717, 1.165) is 5.56 Å². The number of rotatable bonds is 3. The Hall–Kier alpha value is -2.04. The summed E-state index contributed by atoms with van der Waals surface area (Å²) in [6.07, 6.45) is -0.728. The molecular formula is C12H16N2O3. The average Bonchev–Trinajstić information content (AvgIpc) is 2.31. The second-order valence-electron chi connectivity index (χ2n) is 3.59. The van der Waals surface area contributed by atoms with E-state index in [1.807, 2.05) is 25.1 Å². The number of aryl methyl sites for hydroxylation is 1. The van der Waals surface area contributed by atoms with Crippen LogP contribution in [0.4, 0.5) is 4.79 Å². The Morgan fingerprint density at radius 1 is 1.29 bits per heavy atom. The lowest BCUT2D eigenvalue weighted by Gasteiger charge is -2.15. The monoisotopic (exact) mass is 236 g/mol. The Morgan fingerprint density at radius 2 is 1.94 bits per heavy atom. The summed E-state index contributed by atoms with van der Waals surface area (Å²) in [5.41, 5.74) is 0.937. The third-order valence-electron chi connectivity index (χ3n) is 2.23.